The maximum absolute atomic E-state index is 13.3. The first-order chi connectivity index (χ1) is 16.5. The van der Waals surface area contributed by atoms with Crippen molar-refractivity contribution in [1.82, 2.24) is 16.0 Å². The molecule has 0 aromatic rings. The van der Waals surface area contributed by atoms with Crippen molar-refractivity contribution in [2.45, 2.75) is 91.3 Å². The first kappa shape index (κ1) is 30.4. The Morgan fingerprint density at radius 3 is 2.29 bits per heavy atom. The third-order valence-corrected chi connectivity index (χ3v) is 6.29. The van der Waals surface area contributed by atoms with E-state index < -0.39 is 47.8 Å². The fraction of sp³-hybridized carbons (Fsp3) is 0.692. The molecule has 0 saturated heterocycles. The fourth-order valence-corrected chi connectivity index (χ4v) is 4.07. The molecule has 5 atom stereocenters. The Morgan fingerprint density at radius 1 is 1.00 bits per heavy atom. The average molecular weight is 494 g/mol. The molecular weight excluding hydrogens is 450 g/mol. The number of ether oxygens (including phenoxy) is 1. The quantitative estimate of drug-likeness (QED) is 0.273. The number of nitrogens with one attached hydrogen (secondary N) is 3. The summed E-state index contributed by atoms with van der Waals surface area (Å²) in [7, 11) is 0. The van der Waals surface area contributed by atoms with Crippen LogP contribution in [0.25, 0.3) is 0 Å². The molecule has 0 aromatic heterocycles. The highest BCUT2D eigenvalue weighted by atomic mass is 16.6. The number of rotatable bonds is 10. The highest BCUT2D eigenvalue weighted by molar-refractivity contribution is 5.95. The zero-order valence-corrected chi connectivity index (χ0v) is 21.8. The summed E-state index contributed by atoms with van der Waals surface area (Å²) in [6.45, 7) is 12.7. The molecule has 0 bridgehead atoms. The van der Waals surface area contributed by atoms with Crippen LogP contribution >= 0.6 is 0 Å². The standard InChI is InChI=1S/C26H43N3O6/c1-7-8-9-10-11-17(4)20(14-15-30)23-25(33)27-18(5)12-13-21(31)28-19(6)24(32)29-22(16(2)3)26(34)35-23/h12-13,16-17,19-20,22-23,30H,5,7-11,14-15H2,1-4,6H3,(H,27,33)(H,28,31)(H,29,32)/b13-12-/t17-,19-,20+,22+,23-/m0/s1. The highest BCUT2D eigenvalue weighted by Crippen LogP contribution is 2.28. The summed E-state index contributed by atoms with van der Waals surface area (Å²) in [5.41, 5.74) is 0.138. The molecule has 1 aliphatic rings. The van der Waals surface area contributed by atoms with Gasteiger partial charge in [0, 0.05) is 24.3 Å². The summed E-state index contributed by atoms with van der Waals surface area (Å²) in [5.74, 6) is -3.21. The molecule has 0 fully saturated rings. The van der Waals surface area contributed by atoms with Crippen molar-refractivity contribution in [1.29, 1.82) is 0 Å². The molecule has 198 valence electrons. The maximum Gasteiger partial charge on any atom is 0.329 e. The topological polar surface area (TPSA) is 134 Å². The smallest absolute Gasteiger partial charge is 0.329 e. The summed E-state index contributed by atoms with van der Waals surface area (Å²) in [6.07, 6.45) is 6.60. The minimum atomic E-state index is -1.20. The van der Waals surface area contributed by atoms with Crippen molar-refractivity contribution < 1.29 is 29.0 Å². The van der Waals surface area contributed by atoms with Crippen LogP contribution in [0.3, 0.4) is 0 Å². The first-order valence-electron chi connectivity index (χ1n) is 12.6. The number of allylic oxidation sites excluding steroid dienone is 1. The minimum Gasteiger partial charge on any atom is -0.450 e. The van der Waals surface area contributed by atoms with Gasteiger partial charge in [-0.05, 0) is 31.3 Å². The number of aliphatic hydroxyl groups excluding tert-OH is 1. The Morgan fingerprint density at radius 2 is 1.69 bits per heavy atom. The SMILES string of the molecule is C=C1/C=C\C(=O)N[C@@H](C)C(=O)N[C@H](C(C)C)C(=O)O[C@@H]([C@H](CCO)[C@@H](C)CCCCCC)C(=O)N1. The molecular formula is C26H43N3O6. The Kier molecular flexibility index (Phi) is 13.3. The number of cyclic esters (lactones) is 1. The van der Waals surface area contributed by atoms with Gasteiger partial charge < -0.3 is 25.8 Å². The average Bonchev–Trinajstić information content (AvgIpc) is 2.79. The van der Waals surface area contributed by atoms with Crippen LogP contribution in [0.1, 0.15) is 73.1 Å². The van der Waals surface area contributed by atoms with E-state index in [-0.39, 0.29) is 30.6 Å². The molecule has 0 saturated carbocycles. The van der Waals surface area contributed by atoms with Gasteiger partial charge in [0.15, 0.2) is 6.10 Å². The van der Waals surface area contributed by atoms with Crippen molar-refractivity contribution in [2.75, 3.05) is 6.61 Å². The molecule has 3 amide bonds. The van der Waals surface area contributed by atoms with Crippen molar-refractivity contribution in [2.24, 2.45) is 17.8 Å². The molecule has 35 heavy (non-hydrogen) atoms. The van der Waals surface area contributed by atoms with Gasteiger partial charge in [0.2, 0.25) is 11.8 Å². The Balaban J connectivity index is 3.32. The third kappa shape index (κ3) is 10.2. The molecule has 0 aliphatic carbocycles. The molecule has 0 radical (unpaired) electrons. The summed E-state index contributed by atoms with van der Waals surface area (Å²) in [6, 6.07) is -1.92. The predicted molar refractivity (Wildman–Crippen MR) is 134 cm³/mol. The van der Waals surface area contributed by atoms with Gasteiger partial charge >= 0.3 is 5.97 Å². The maximum atomic E-state index is 13.3. The lowest BCUT2D eigenvalue weighted by Crippen LogP contribution is -2.54. The van der Waals surface area contributed by atoms with Crippen molar-refractivity contribution >= 4 is 23.7 Å². The zero-order valence-electron chi connectivity index (χ0n) is 21.8. The number of hydrogen-bond acceptors (Lipinski definition) is 6. The number of esters is 1. The van der Waals surface area contributed by atoms with E-state index in [2.05, 4.69) is 29.5 Å². The molecule has 0 aromatic carbocycles. The number of carbonyl (C=O) groups is 4. The van der Waals surface area contributed by atoms with Gasteiger partial charge in [-0.1, -0.05) is 66.4 Å². The van der Waals surface area contributed by atoms with Gasteiger partial charge in [0.1, 0.15) is 12.1 Å². The predicted octanol–water partition coefficient (Wildman–Crippen LogP) is 2.35. The second-order valence-electron chi connectivity index (χ2n) is 9.67. The van der Waals surface area contributed by atoms with Crippen LogP contribution in [0.5, 0.6) is 0 Å². The summed E-state index contributed by atoms with van der Waals surface area (Å²) >= 11 is 0. The Labute approximate surface area is 209 Å². The van der Waals surface area contributed by atoms with Gasteiger partial charge in [0.05, 0.1) is 0 Å². The van der Waals surface area contributed by atoms with Gasteiger partial charge in [-0.15, -0.1) is 0 Å². The van der Waals surface area contributed by atoms with E-state index in [0.29, 0.717) is 0 Å². The number of amides is 3. The van der Waals surface area contributed by atoms with E-state index in [4.69, 9.17) is 4.74 Å². The lowest BCUT2D eigenvalue weighted by atomic mass is 9.82. The van der Waals surface area contributed by atoms with E-state index in [1.165, 1.54) is 19.1 Å². The van der Waals surface area contributed by atoms with Crippen LogP contribution in [0.15, 0.2) is 24.4 Å². The monoisotopic (exact) mass is 493 g/mol. The summed E-state index contributed by atoms with van der Waals surface area (Å²) in [5, 5.41) is 17.5. The number of carbonyl (C=O) groups excluding carboxylic acids is 4. The number of unbranched alkanes of at least 4 members (excludes halogenated alkanes) is 3. The van der Waals surface area contributed by atoms with Crippen molar-refractivity contribution in [3.63, 3.8) is 0 Å². The van der Waals surface area contributed by atoms with E-state index in [0.717, 1.165) is 32.1 Å². The molecule has 0 unspecified atom stereocenters. The molecule has 1 rings (SSSR count). The van der Waals surface area contributed by atoms with Crippen LogP contribution in [0.4, 0.5) is 0 Å². The van der Waals surface area contributed by atoms with E-state index in [1.54, 1.807) is 13.8 Å². The second kappa shape index (κ2) is 15.3. The molecule has 9 heteroatoms. The molecule has 9 nitrogen and oxygen atoms in total. The van der Waals surface area contributed by atoms with Crippen LogP contribution in [-0.2, 0) is 23.9 Å². The van der Waals surface area contributed by atoms with Crippen molar-refractivity contribution in [3.05, 3.63) is 24.4 Å². The van der Waals surface area contributed by atoms with Gasteiger partial charge in [-0.25, -0.2) is 4.79 Å². The van der Waals surface area contributed by atoms with Crippen LogP contribution in [0, 0.1) is 17.8 Å². The van der Waals surface area contributed by atoms with Gasteiger partial charge in [0.25, 0.3) is 5.91 Å². The minimum absolute atomic E-state index is 0.0110. The van der Waals surface area contributed by atoms with Gasteiger partial charge in [-0.2, -0.15) is 0 Å². The lowest BCUT2D eigenvalue weighted by molar-refractivity contribution is -0.164. The lowest BCUT2D eigenvalue weighted by Gasteiger charge is -2.32. The summed E-state index contributed by atoms with van der Waals surface area (Å²) < 4.78 is 5.77. The van der Waals surface area contributed by atoms with E-state index in [1.807, 2.05) is 6.92 Å². The van der Waals surface area contributed by atoms with Crippen LogP contribution in [0.2, 0.25) is 0 Å². The second-order valence-corrected chi connectivity index (χ2v) is 9.67. The molecule has 1 aliphatic heterocycles. The van der Waals surface area contributed by atoms with Crippen LogP contribution in [-0.4, -0.2) is 53.6 Å². The van der Waals surface area contributed by atoms with Crippen molar-refractivity contribution in [3.8, 4) is 0 Å². The largest absolute Gasteiger partial charge is 0.450 e. The zero-order chi connectivity index (χ0) is 26.5. The molecule has 4 N–H and O–H groups in total. The molecule has 1 heterocycles. The Hall–Kier alpha value is -2.68. The summed E-state index contributed by atoms with van der Waals surface area (Å²) in [4.78, 5) is 51.3. The first-order valence-corrected chi connectivity index (χ1v) is 12.6. The highest BCUT2D eigenvalue weighted by Gasteiger charge is 2.38. The molecule has 0 spiro atoms. The van der Waals surface area contributed by atoms with Gasteiger partial charge in [-0.3, -0.25) is 14.4 Å². The Bertz CT molecular complexity index is 779. The number of hydrogen-bond donors (Lipinski definition) is 4. The fourth-order valence-electron chi connectivity index (χ4n) is 4.07. The van der Waals surface area contributed by atoms with E-state index in [9.17, 15) is 24.3 Å². The van der Waals surface area contributed by atoms with E-state index >= 15 is 0 Å². The third-order valence-electron chi connectivity index (χ3n) is 6.29. The normalized spacial score (nSPS) is 25.1. The van der Waals surface area contributed by atoms with Crippen LogP contribution < -0.4 is 16.0 Å². The number of aliphatic hydroxyl groups is 1.